The van der Waals surface area contributed by atoms with Crippen LogP contribution in [0.1, 0.15) is 10.5 Å². The molecule has 1 aromatic rings. The highest BCUT2D eigenvalue weighted by Gasteiger charge is 2.31. The second-order valence-corrected chi connectivity index (χ2v) is 4.74. The van der Waals surface area contributed by atoms with Crippen LogP contribution in [0.5, 0.6) is 0 Å². The molecule has 1 aliphatic heterocycles. The van der Waals surface area contributed by atoms with Crippen molar-refractivity contribution in [2.24, 2.45) is 5.73 Å². The van der Waals surface area contributed by atoms with Gasteiger partial charge in [-0.3, -0.25) is 14.5 Å². The number of carbonyl (C=O) groups excluding carboxylic acids is 2. The van der Waals surface area contributed by atoms with Gasteiger partial charge in [0.05, 0.1) is 5.51 Å². The fourth-order valence-electron chi connectivity index (χ4n) is 1.85. The largest absolute Gasteiger partial charge is 0.368 e. The Hall–Kier alpha value is -1.47. The van der Waals surface area contributed by atoms with Gasteiger partial charge in [0.25, 0.3) is 5.91 Å². The third-order valence-corrected chi connectivity index (χ3v) is 3.50. The SMILES string of the molecule is CN1CCN(C(=O)c2cscn2)CC1C(N)=O. The van der Waals surface area contributed by atoms with Crippen molar-refractivity contribution >= 4 is 23.2 Å². The minimum absolute atomic E-state index is 0.134. The Bertz CT molecular complexity index is 420. The van der Waals surface area contributed by atoms with Gasteiger partial charge in [-0.1, -0.05) is 0 Å². The van der Waals surface area contributed by atoms with Crippen LogP contribution in [0.2, 0.25) is 0 Å². The Morgan fingerprint density at radius 1 is 1.53 bits per heavy atom. The van der Waals surface area contributed by atoms with Crippen molar-refractivity contribution in [1.82, 2.24) is 14.8 Å². The standard InChI is InChI=1S/C10H14N4O2S/c1-13-2-3-14(4-8(13)9(11)15)10(16)7-5-17-6-12-7/h5-6,8H,2-4H2,1H3,(H2,11,15). The lowest BCUT2D eigenvalue weighted by Crippen LogP contribution is -2.57. The molecule has 2 amide bonds. The molecule has 0 bridgehead atoms. The molecular formula is C10H14N4O2S. The van der Waals surface area contributed by atoms with Crippen molar-refractivity contribution < 1.29 is 9.59 Å². The van der Waals surface area contributed by atoms with Gasteiger partial charge in [0, 0.05) is 25.0 Å². The third kappa shape index (κ3) is 2.45. The topological polar surface area (TPSA) is 79.5 Å². The quantitative estimate of drug-likeness (QED) is 0.763. The molecule has 2 N–H and O–H groups in total. The first-order chi connectivity index (χ1) is 8.09. The summed E-state index contributed by atoms with van der Waals surface area (Å²) in [7, 11) is 1.83. The summed E-state index contributed by atoms with van der Waals surface area (Å²) >= 11 is 1.38. The number of piperazine rings is 1. The third-order valence-electron chi connectivity index (χ3n) is 2.92. The molecule has 1 aliphatic rings. The van der Waals surface area contributed by atoms with E-state index in [1.807, 2.05) is 11.9 Å². The van der Waals surface area contributed by atoms with Crippen LogP contribution in [-0.4, -0.2) is 59.3 Å². The summed E-state index contributed by atoms with van der Waals surface area (Å²) in [6.07, 6.45) is 0. The van der Waals surface area contributed by atoms with Crippen molar-refractivity contribution in [2.75, 3.05) is 26.7 Å². The number of nitrogens with zero attached hydrogens (tertiary/aromatic N) is 3. The number of hydrogen-bond donors (Lipinski definition) is 1. The van der Waals surface area contributed by atoms with E-state index in [1.165, 1.54) is 11.3 Å². The lowest BCUT2D eigenvalue weighted by molar-refractivity contribution is -0.124. The average Bonchev–Trinajstić information content (AvgIpc) is 2.81. The number of hydrogen-bond acceptors (Lipinski definition) is 5. The molecule has 0 spiro atoms. The van der Waals surface area contributed by atoms with E-state index in [0.29, 0.717) is 25.3 Å². The van der Waals surface area contributed by atoms with Gasteiger partial charge >= 0.3 is 0 Å². The van der Waals surface area contributed by atoms with Crippen molar-refractivity contribution in [3.05, 3.63) is 16.6 Å². The maximum absolute atomic E-state index is 12.0. The molecule has 2 rings (SSSR count). The van der Waals surface area contributed by atoms with Crippen molar-refractivity contribution in [2.45, 2.75) is 6.04 Å². The van der Waals surface area contributed by atoms with Crippen LogP contribution in [0.3, 0.4) is 0 Å². The summed E-state index contributed by atoms with van der Waals surface area (Å²) < 4.78 is 0. The monoisotopic (exact) mass is 254 g/mol. The fourth-order valence-corrected chi connectivity index (χ4v) is 2.37. The highest BCUT2D eigenvalue weighted by molar-refractivity contribution is 7.07. The van der Waals surface area contributed by atoms with Crippen molar-refractivity contribution in [1.29, 1.82) is 0 Å². The van der Waals surface area contributed by atoms with Crippen LogP contribution in [0.4, 0.5) is 0 Å². The lowest BCUT2D eigenvalue weighted by Gasteiger charge is -2.37. The Kier molecular flexibility index (Phi) is 3.39. The van der Waals surface area contributed by atoms with Crippen LogP contribution < -0.4 is 5.73 Å². The minimum Gasteiger partial charge on any atom is -0.368 e. The first-order valence-electron chi connectivity index (χ1n) is 5.26. The number of primary amides is 1. The van der Waals surface area contributed by atoms with Gasteiger partial charge < -0.3 is 10.6 Å². The van der Waals surface area contributed by atoms with Gasteiger partial charge in [-0.2, -0.15) is 0 Å². The zero-order valence-corrected chi connectivity index (χ0v) is 10.3. The number of rotatable bonds is 2. The van der Waals surface area contributed by atoms with Gasteiger partial charge in [-0.05, 0) is 7.05 Å². The fraction of sp³-hybridized carbons (Fsp3) is 0.500. The van der Waals surface area contributed by atoms with Crippen LogP contribution in [0.15, 0.2) is 10.9 Å². The summed E-state index contributed by atoms with van der Waals surface area (Å²) in [6.45, 7) is 1.57. The van der Waals surface area contributed by atoms with Crippen LogP contribution >= 0.6 is 11.3 Å². The Morgan fingerprint density at radius 2 is 2.29 bits per heavy atom. The van der Waals surface area contributed by atoms with Gasteiger partial charge in [-0.15, -0.1) is 11.3 Å². The number of aromatic nitrogens is 1. The molecule has 6 nitrogen and oxygen atoms in total. The molecule has 1 unspecified atom stereocenters. The van der Waals surface area contributed by atoms with E-state index in [1.54, 1.807) is 15.8 Å². The molecule has 1 aromatic heterocycles. The molecule has 1 saturated heterocycles. The number of nitrogens with two attached hydrogens (primary N) is 1. The van der Waals surface area contributed by atoms with Gasteiger partial charge in [-0.25, -0.2) is 4.98 Å². The predicted octanol–water partition coefficient (Wildman–Crippen LogP) is -0.615. The molecule has 1 atom stereocenters. The summed E-state index contributed by atoms with van der Waals surface area (Å²) in [5.41, 5.74) is 7.36. The predicted molar refractivity (Wildman–Crippen MR) is 63.6 cm³/mol. The van der Waals surface area contributed by atoms with Gasteiger partial charge in [0.2, 0.25) is 5.91 Å². The molecule has 0 radical (unpaired) electrons. The summed E-state index contributed by atoms with van der Waals surface area (Å²) in [5, 5.41) is 1.71. The van der Waals surface area contributed by atoms with E-state index in [2.05, 4.69) is 4.98 Å². The average molecular weight is 254 g/mol. The second-order valence-electron chi connectivity index (χ2n) is 4.02. The molecule has 92 valence electrons. The van der Waals surface area contributed by atoms with Crippen molar-refractivity contribution in [3.8, 4) is 0 Å². The zero-order valence-electron chi connectivity index (χ0n) is 9.50. The molecule has 17 heavy (non-hydrogen) atoms. The molecule has 0 aliphatic carbocycles. The molecule has 1 fully saturated rings. The van der Waals surface area contributed by atoms with E-state index in [9.17, 15) is 9.59 Å². The van der Waals surface area contributed by atoms with E-state index >= 15 is 0 Å². The molecule has 0 saturated carbocycles. The highest BCUT2D eigenvalue weighted by atomic mass is 32.1. The maximum atomic E-state index is 12.0. The number of amides is 2. The van der Waals surface area contributed by atoms with Gasteiger partial charge in [0.15, 0.2) is 0 Å². The van der Waals surface area contributed by atoms with Crippen LogP contribution in [0.25, 0.3) is 0 Å². The number of thiazole rings is 1. The highest BCUT2D eigenvalue weighted by Crippen LogP contribution is 2.12. The first kappa shape index (κ1) is 12.0. The molecule has 2 heterocycles. The smallest absolute Gasteiger partial charge is 0.273 e. The van der Waals surface area contributed by atoms with E-state index in [0.717, 1.165) is 0 Å². The number of likely N-dealkylation sites (N-methyl/N-ethyl adjacent to an activating group) is 1. The lowest BCUT2D eigenvalue weighted by atomic mass is 10.1. The Balaban J connectivity index is 2.08. The normalized spacial score (nSPS) is 21.5. The molecule has 7 heteroatoms. The molecule has 0 aromatic carbocycles. The maximum Gasteiger partial charge on any atom is 0.273 e. The van der Waals surface area contributed by atoms with Gasteiger partial charge in [0.1, 0.15) is 11.7 Å². The Labute approximate surface area is 103 Å². The zero-order chi connectivity index (χ0) is 12.4. The van der Waals surface area contributed by atoms with E-state index < -0.39 is 11.9 Å². The second kappa shape index (κ2) is 4.80. The van der Waals surface area contributed by atoms with Crippen LogP contribution in [-0.2, 0) is 4.79 Å². The first-order valence-corrected chi connectivity index (χ1v) is 6.21. The Morgan fingerprint density at radius 3 is 2.88 bits per heavy atom. The minimum atomic E-state index is -0.411. The number of carbonyl (C=O) groups is 2. The van der Waals surface area contributed by atoms with E-state index in [-0.39, 0.29) is 5.91 Å². The van der Waals surface area contributed by atoms with Crippen molar-refractivity contribution in [3.63, 3.8) is 0 Å². The molecular weight excluding hydrogens is 240 g/mol. The summed E-state index contributed by atoms with van der Waals surface area (Å²) in [6, 6.07) is -0.411. The summed E-state index contributed by atoms with van der Waals surface area (Å²) in [4.78, 5) is 30.8. The summed E-state index contributed by atoms with van der Waals surface area (Å²) in [5.74, 6) is -0.533. The van der Waals surface area contributed by atoms with E-state index in [4.69, 9.17) is 5.73 Å². The van der Waals surface area contributed by atoms with Crippen LogP contribution in [0, 0.1) is 0 Å².